The predicted octanol–water partition coefficient (Wildman–Crippen LogP) is 3.93. The molecule has 3 rings (SSSR count). The maximum atomic E-state index is 12.6. The summed E-state index contributed by atoms with van der Waals surface area (Å²) in [7, 11) is 0. The minimum absolute atomic E-state index is 0.324. The van der Waals surface area contributed by atoms with Gasteiger partial charge in [-0.2, -0.15) is 13.2 Å². The number of halogens is 3. The molecule has 0 aliphatic carbocycles. The van der Waals surface area contributed by atoms with Crippen LogP contribution in [0.5, 0.6) is 0 Å². The monoisotopic (exact) mass is 425 g/mol. The van der Waals surface area contributed by atoms with Gasteiger partial charge in [0.25, 0.3) is 0 Å². The van der Waals surface area contributed by atoms with E-state index in [2.05, 4.69) is 49.8 Å². The van der Waals surface area contributed by atoms with Crippen molar-refractivity contribution in [2.75, 3.05) is 31.1 Å². The molecule has 2 heterocycles. The van der Waals surface area contributed by atoms with Gasteiger partial charge in [0.05, 0.1) is 5.01 Å². The molecule has 2 aromatic rings. The highest BCUT2D eigenvalue weighted by molar-refractivity contribution is 7.09. The summed E-state index contributed by atoms with van der Waals surface area (Å²) in [5.41, 5.74) is 0.421. The summed E-state index contributed by atoms with van der Waals surface area (Å²) in [6.07, 6.45) is -1.99. The number of hydrogen-bond donors (Lipinski definition) is 2. The number of hydrogen-bond acceptors (Lipinski definition) is 4. The van der Waals surface area contributed by atoms with Gasteiger partial charge in [0.15, 0.2) is 11.7 Å². The molecule has 158 valence electrons. The van der Waals surface area contributed by atoms with E-state index >= 15 is 0 Å². The molecule has 5 nitrogen and oxygen atoms in total. The molecule has 1 aromatic carbocycles. The summed E-state index contributed by atoms with van der Waals surface area (Å²) in [6, 6.07) is 10.7. The highest BCUT2D eigenvalue weighted by Gasteiger charge is 2.33. The lowest BCUT2D eigenvalue weighted by Gasteiger charge is -2.34. The number of anilines is 1. The maximum absolute atomic E-state index is 12.6. The summed E-state index contributed by atoms with van der Waals surface area (Å²) < 4.78 is 37.9. The summed E-state index contributed by atoms with van der Waals surface area (Å²) in [6.45, 7) is 5.06. The number of aliphatic imine (C=N–C) groups is 1. The van der Waals surface area contributed by atoms with E-state index in [1.165, 1.54) is 5.69 Å². The van der Waals surface area contributed by atoms with Crippen molar-refractivity contribution in [2.45, 2.75) is 38.4 Å². The fraction of sp³-hybridized carbons (Fsp3) is 0.500. The molecule has 1 aliphatic heterocycles. The fourth-order valence-corrected chi connectivity index (χ4v) is 4.05. The number of guanidine groups is 1. The molecule has 0 amide bonds. The Morgan fingerprint density at radius 2 is 1.97 bits per heavy atom. The Kier molecular flexibility index (Phi) is 7.35. The van der Waals surface area contributed by atoms with Gasteiger partial charge in [0, 0.05) is 49.7 Å². The van der Waals surface area contributed by atoms with Crippen molar-refractivity contribution in [1.29, 1.82) is 0 Å². The van der Waals surface area contributed by atoms with Crippen LogP contribution in [0, 0.1) is 0 Å². The number of nitrogens with one attached hydrogen (secondary N) is 2. The molecule has 0 atom stereocenters. The topological polar surface area (TPSA) is 52.6 Å². The zero-order valence-electron chi connectivity index (χ0n) is 16.4. The van der Waals surface area contributed by atoms with Gasteiger partial charge in [0.2, 0.25) is 0 Å². The molecule has 0 bridgehead atoms. The molecule has 29 heavy (non-hydrogen) atoms. The standard InChI is InChI=1S/C20H26F3N5S/c1-2-24-19(25-11-8-18-27-17(14-29-18)20(21,22)23)26-15-9-12-28(13-10-15)16-6-4-3-5-7-16/h3-7,14-15H,2,8-13H2,1H3,(H2,24,25,26). The molecule has 0 saturated carbocycles. The van der Waals surface area contributed by atoms with E-state index in [9.17, 15) is 13.2 Å². The van der Waals surface area contributed by atoms with E-state index in [1.807, 2.05) is 13.0 Å². The van der Waals surface area contributed by atoms with Crippen molar-refractivity contribution < 1.29 is 13.2 Å². The van der Waals surface area contributed by atoms with E-state index in [1.54, 1.807) is 0 Å². The summed E-state index contributed by atoms with van der Waals surface area (Å²) in [5.74, 6) is 0.707. The van der Waals surface area contributed by atoms with Crippen LogP contribution in [-0.4, -0.2) is 43.2 Å². The van der Waals surface area contributed by atoms with Crippen molar-refractivity contribution in [2.24, 2.45) is 4.99 Å². The quantitative estimate of drug-likeness (QED) is 0.544. The van der Waals surface area contributed by atoms with Crippen molar-refractivity contribution in [3.8, 4) is 0 Å². The number of thiazole rings is 1. The first-order chi connectivity index (χ1) is 14.0. The fourth-order valence-electron chi connectivity index (χ4n) is 3.25. The van der Waals surface area contributed by atoms with Crippen LogP contribution in [0.1, 0.15) is 30.5 Å². The van der Waals surface area contributed by atoms with Crippen molar-refractivity contribution >= 4 is 23.0 Å². The maximum Gasteiger partial charge on any atom is 0.434 e. The first-order valence-electron chi connectivity index (χ1n) is 9.82. The van der Waals surface area contributed by atoms with Crippen LogP contribution >= 0.6 is 11.3 Å². The molecule has 1 fully saturated rings. The van der Waals surface area contributed by atoms with Crippen LogP contribution in [0.25, 0.3) is 0 Å². The molecule has 2 N–H and O–H groups in total. The molecule has 0 spiro atoms. The molecule has 0 unspecified atom stereocenters. The average molecular weight is 426 g/mol. The minimum Gasteiger partial charge on any atom is -0.371 e. The van der Waals surface area contributed by atoms with Crippen molar-refractivity contribution in [3.05, 3.63) is 46.4 Å². The highest BCUT2D eigenvalue weighted by atomic mass is 32.1. The number of piperidine rings is 1. The van der Waals surface area contributed by atoms with Gasteiger partial charge in [0.1, 0.15) is 0 Å². The number of nitrogens with zero attached hydrogens (tertiary/aromatic N) is 3. The Labute approximate surface area is 173 Å². The predicted molar refractivity (Wildman–Crippen MR) is 112 cm³/mol. The minimum atomic E-state index is -4.39. The number of alkyl halides is 3. The summed E-state index contributed by atoms with van der Waals surface area (Å²) >= 11 is 1.03. The van der Waals surface area contributed by atoms with E-state index in [0.29, 0.717) is 30.0 Å². The highest BCUT2D eigenvalue weighted by Crippen LogP contribution is 2.30. The second-order valence-corrected chi connectivity index (χ2v) is 7.82. The smallest absolute Gasteiger partial charge is 0.371 e. The van der Waals surface area contributed by atoms with Gasteiger partial charge in [-0.1, -0.05) is 18.2 Å². The lowest BCUT2D eigenvalue weighted by molar-refractivity contribution is -0.140. The lowest BCUT2D eigenvalue weighted by Crippen LogP contribution is -2.48. The number of aromatic nitrogens is 1. The Hall–Kier alpha value is -2.29. The molecule has 1 aromatic heterocycles. The van der Waals surface area contributed by atoms with Gasteiger partial charge < -0.3 is 15.5 Å². The van der Waals surface area contributed by atoms with Crippen molar-refractivity contribution in [3.63, 3.8) is 0 Å². The molecular weight excluding hydrogens is 399 g/mol. The first-order valence-corrected chi connectivity index (χ1v) is 10.7. The van der Waals surface area contributed by atoms with Crippen LogP contribution in [0.4, 0.5) is 18.9 Å². The summed E-state index contributed by atoms with van der Waals surface area (Å²) in [5, 5.41) is 8.19. The molecule has 9 heteroatoms. The third-order valence-electron chi connectivity index (χ3n) is 4.74. The number of para-hydroxylation sites is 1. The molecule has 0 radical (unpaired) electrons. The zero-order valence-corrected chi connectivity index (χ0v) is 17.2. The van der Waals surface area contributed by atoms with Crippen LogP contribution in [0.3, 0.4) is 0 Å². The number of benzene rings is 1. The third kappa shape index (κ3) is 6.35. The van der Waals surface area contributed by atoms with Crippen molar-refractivity contribution in [1.82, 2.24) is 15.6 Å². The molecular formula is C20H26F3N5S. The van der Waals surface area contributed by atoms with Gasteiger partial charge in [-0.15, -0.1) is 11.3 Å². The van der Waals surface area contributed by atoms with E-state index in [-0.39, 0.29) is 0 Å². The Bertz CT molecular complexity index is 783. The van der Waals surface area contributed by atoms with Crippen LogP contribution in [-0.2, 0) is 12.6 Å². The van der Waals surface area contributed by atoms with E-state index < -0.39 is 11.9 Å². The second kappa shape index (κ2) is 9.96. The normalized spacial score (nSPS) is 16.1. The van der Waals surface area contributed by atoms with E-state index in [0.717, 1.165) is 49.2 Å². The van der Waals surface area contributed by atoms with Crippen LogP contribution < -0.4 is 15.5 Å². The first kappa shape index (κ1) is 21.4. The van der Waals surface area contributed by atoms with Gasteiger partial charge in [-0.05, 0) is 31.9 Å². The average Bonchev–Trinajstić information content (AvgIpc) is 3.19. The van der Waals surface area contributed by atoms with Crippen LogP contribution in [0.15, 0.2) is 40.7 Å². The zero-order chi connectivity index (χ0) is 20.7. The van der Waals surface area contributed by atoms with E-state index in [4.69, 9.17) is 0 Å². The Morgan fingerprint density at radius 1 is 1.24 bits per heavy atom. The summed E-state index contributed by atoms with van der Waals surface area (Å²) in [4.78, 5) is 10.6. The molecule has 1 aliphatic rings. The van der Waals surface area contributed by atoms with Gasteiger partial charge >= 0.3 is 6.18 Å². The lowest BCUT2D eigenvalue weighted by atomic mass is 10.0. The molecule has 1 saturated heterocycles. The number of rotatable bonds is 6. The Morgan fingerprint density at radius 3 is 2.59 bits per heavy atom. The third-order valence-corrected chi connectivity index (χ3v) is 5.65. The second-order valence-electron chi connectivity index (χ2n) is 6.88. The van der Waals surface area contributed by atoms with Gasteiger partial charge in [-0.3, -0.25) is 4.99 Å². The van der Waals surface area contributed by atoms with Crippen LogP contribution in [0.2, 0.25) is 0 Å². The largest absolute Gasteiger partial charge is 0.434 e. The SMILES string of the molecule is CCNC(=NCCc1nc(C(F)(F)F)cs1)NC1CCN(c2ccccc2)CC1. The van der Waals surface area contributed by atoms with Gasteiger partial charge in [-0.25, -0.2) is 4.98 Å². The Balaban J connectivity index is 1.49.